The number of sulfonamides is 1. The SMILES string of the molecule is CCCNS(=O)(=O)c1ccc(OCC(=O)Nc2ccc(C(N)=O)cc2)cc1. The third-order valence-corrected chi connectivity index (χ3v) is 4.98. The summed E-state index contributed by atoms with van der Waals surface area (Å²) in [6, 6.07) is 11.9. The number of hydrogen-bond donors (Lipinski definition) is 3. The highest BCUT2D eigenvalue weighted by atomic mass is 32.2. The zero-order chi connectivity index (χ0) is 19.9. The number of rotatable bonds is 9. The van der Waals surface area contributed by atoms with Gasteiger partial charge in [-0.3, -0.25) is 9.59 Å². The average Bonchev–Trinajstić information content (AvgIpc) is 2.65. The van der Waals surface area contributed by atoms with Gasteiger partial charge in [0.2, 0.25) is 15.9 Å². The Bertz CT molecular complexity index is 894. The van der Waals surface area contributed by atoms with E-state index in [4.69, 9.17) is 10.5 Å². The zero-order valence-electron chi connectivity index (χ0n) is 14.8. The Labute approximate surface area is 157 Å². The van der Waals surface area contributed by atoms with Crippen LogP contribution >= 0.6 is 0 Å². The van der Waals surface area contributed by atoms with Gasteiger partial charge in [-0.15, -0.1) is 0 Å². The number of nitrogens with two attached hydrogens (primary N) is 1. The summed E-state index contributed by atoms with van der Waals surface area (Å²) in [5.74, 6) is -0.585. The Morgan fingerprint density at radius 2 is 1.67 bits per heavy atom. The van der Waals surface area contributed by atoms with Gasteiger partial charge in [-0.2, -0.15) is 0 Å². The van der Waals surface area contributed by atoms with E-state index in [-0.39, 0.29) is 11.5 Å². The lowest BCUT2D eigenvalue weighted by Gasteiger charge is -2.09. The fourth-order valence-electron chi connectivity index (χ4n) is 2.10. The van der Waals surface area contributed by atoms with Gasteiger partial charge in [0.25, 0.3) is 5.91 Å². The molecule has 0 saturated heterocycles. The van der Waals surface area contributed by atoms with Gasteiger partial charge < -0.3 is 15.8 Å². The van der Waals surface area contributed by atoms with Crippen LogP contribution in [0.1, 0.15) is 23.7 Å². The third kappa shape index (κ3) is 6.08. The molecule has 0 radical (unpaired) electrons. The van der Waals surface area contributed by atoms with Gasteiger partial charge in [0.1, 0.15) is 5.75 Å². The second-order valence-electron chi connectivity index (χ2n) is 5.65. The van der Waals surface area contributed by atoms with Crippen LogP contribution in [0.15, 0.2) is 53.4 Å². The molecule has 0 saturated carbocycles. The van der Waals surface area contributed by atoms with Crippen LogP contribution in [0.3, 0.4) is 0 Å². The summed E-state index contributed by atoms with van der Waals surface area (Å²) in [4.78, 5) is 23.0. The zero-order valence-corrected chi connectivity index (χ0v) is 15.6. The first-order valence-corrected chi connectivity index (χ1v) is 9.72. The van der Waals surface area contributed by atoms with Crippen molar-refractivity contribution in [2.75, 3.05) is 18.5 Å². The van der Waals surface area contributed by atoms with Crippen LogP contribution < -0.4 is 20.5 Å². The maximum absolute atomic E-state index is 12.0. The number of anilines is 1. The molecule has 0 heterocycles. The largest absolute Gasteiger partial charge is 0.484 e. The van der Waals surface area contributed by atoms with E-state index >= 15 is 0 Å². The van der Waals surface area contributed by atoms with E-state index < -0.39 is 21.8 Å². The van der Waals surface area contributed by atoms with Gasteiger partial charge in [-0.1, -0.05) is 6.92 Å². The molecular weight excluding hydrogens is 370 g/mol. The quantitative estimate of drug-likeness (QED) is 0.597. The minimum absolute atomic E-state index is 0.127. The predicted octanol–water partition coefficient (Wildman–Crippen LogP) is 1.49. The molecule has 0 aliphatic rings. The first-order valence-electron chi connectivity index (χ1n) is 8.24. The fraction of sp³-hybridized carbons (Fsp3) is 0.222. The highest BCUT2D eigenvalue weighted by Crippen LogP contribution is 2.16. The maximum Gasteiger partial charge on any atom is 0.262 e. The Morgan fingerprint density at radius 1 is 1.04 bits per heavy atom. The molecule has 0 spiro atoms. The van der Waals surface area contributed by atoms with Crippen molar-refractivity contribution in [3.8, 4) is 5.75 Å². The number of primary amides is 1. The molecule has 0 atom stereocenters. The van der Waals surface area contributed by atoms with Gasteiger partial charge in [0.15, 0.2) is 6.61 Å². The Kier molecular flexibility index (Phi) is 6.91. The Morgan fingerprint density at radius 3 is 2.22 bits per heavy atom. The van der Waals surface area contributed by atoms with Crippen molar-refractivity contribution < 1.29 is 22.7 Å². The number of hydrogen-bond acceptors (Lipinski definition) is 5. The predicted molar refractivity (Wildman–Crippen MR) is 101 cm³/mol. The van der Waals surface area contributed by atoms with Crippen molar-refractivity contribution >= 4 is 27.5 Å². The van der Waals surface area contributed by atoms with Crippen LogP contribution in [0.25, 0.3) is 0 Å². The molecule has 0 aromatic heterocycles. The third-order valence-electron chi connectivity index (χ3n) is 3.50. The summed E-state index contributed by atoms with van der Waals surface area (Å²) in [7, 11) is -3.54. The second kappa shape index (κ2) is 9.15. The van der Waals surface area contributed by atoms with Crippen LogP contribution in [-0.2, 0) is 14.8 Å². The topological polar surface area (TPSA) is 128 Å². The smallest absolute Gasteiger partial charge is 0.262 e. The molecule has 2 amide bonds. The molecule has 0 bridgehead atoms. The van der Waals surface area contributed by atoms with Gasteiger partial charge in [-0.05, 0) is 55.0 Å². The number of carbonyl (C=O) groups is 2. The van der Waals surface area contributed by atoms with Gasteiger partial charge >= 0.3 is 0 Å². The van der Waals surface area contributed by atoms with E-state index in [9.17, 15) is 18.0 Å². The summed E-state index contributed by atoms with van der Waals surface area (Å²) in [5.41, 5.74) is 5.99. The van der Waals surface area contributed by atoms with E-state index in [0.717, 1.165) is 0 Å². The molecule has 0 unspecified atom stereocenters. The van der Waals surface area contributed by atoms with Crippen LogP contribution in [-0.4, -0.2) is 33.4 Å². The minimum atomic E-state index is -3.54. The summed E-state index contributed by atoms with van der Waals surface area (Å²) >= 11 is 0. The van der Waals surface area contributed by atoms with Crippen molar-refractivity contribution in [1.82, 2.24) is 4.72 Å². The van der Waals surface area contributed by atoms with Crippen LogP contribution in [0.5, 0.6) is 5.75 Å². The van der Waals surface area contributed by atoms with Gasteiger partial charge in [-0.25, -0.2) is 13.1 Å². The van der Waals surface area contributed by atoms with Crippen molar-refractivity contribution in [3.63, 3.8) is 0 Å². The van der Waals surface area contributed by atoms with Crippen LogP contribution in [0, 0.1) is 0 Å². The Balaban J connectivity index is 1.88. The molecule has 2 rings (SSSR count). The summed E-state index contributed by atoms with van der Waals surface area (Å²) in [6.45, 7) is 1.98. The first kappa shape index (κ1) is 20.4. The lowest BCUT2D eigenvalue weighted by molar-refractivity contribution is -0.118. The van der Waals surface area contributed by atoms with E-state index in [1.165, 1.54) is 36.4 Å². The van der Waals surface area contributed by atoms with Crippen LogP contribution in [0.2, 0.25) is 0 Å². The van der Waals surface area contributed by atoms with Crippen molar-refractivity contribution in [2.24, 2.45) is 5.73 Å². The molecule has 8 nitrogen and oxygen atoms in total. The van der Waals surface area contributed by atoms with E-state index in [1.807, 2.05) is 6.92 Å². The van der Waals surface area contributed by atoms with Crippen molar-refractivity contribution in [3.05, 3.63) is 54.1 Å². The highest BCUT2D eigenvalue weighted by molar-refractivity contribution is 7.89. The average molecular weight is 391 g/mol. The standard InChI is InChI=1S/C18H21N3O5S/c1-2-11-20-27(24,25)16-9-7-15(8-10-16)26-12-17(22)21-14-5-3-13(4-6-14)18(19)23/h3-10,20H,2,11-12H2,1H3,(H2,19,23)(H,21,22). The number of ether oxygens (including phenoxy) is 1. The number of amides is 2. The molecule has 9 heteroatoms. The molecule has 2 aromatic carbocycles. The van der Waals surface area contributed by atoms with E-state index in [2.05, 4.69) is 10.0 Å². The number of benzene rings is 2. The van der Waals surface area contributed by atoms with Gasteiger partial charge in [0, 0.05) is 17.8 Å². The normalized spacial score (nSPS) is 11.0. The fourth-order valence-corrected chi connectivity index (χ4v) is 3.23. The molecule has 4 N–H and O–H groups in total. The second-order valence-corrected chi connectivity index (χ2v) is 7.41. The summed E-state index contributed by atoms with van der Waals surface area (Å²) in [6.07, 6.45) is 0.695. The molecule has 0 aliphatic carbocycles. The van der Waals surface area contributed by atoms with Crippen molar-refractivity contribution in [1.29, 1.82) is 0 Å². The summed E-state index contributed by atoms with van der Waals surface area (Å²) in [5, 5.41) is 2.62. The summed E-state index contributed by atoms with van der Waals surface area (Å²) < 4.78 is 31.8. The first-order chi connectivity index (χ1) is 12.8. The molecule has 144 valence electrons. The van der Waals surface area contributed by atoms with Crippen molar-refractivity contribution in [2.45, 2.75) is 18.2 Å². The molecule has 27 heavy (non-hydrogen) atoms. The number of carbonyl (C=O) groups excluding carboxylic acids is 2. The lowest BCUT2D eigenvalue weighted by Crippen LogP contribution is -2.24. The molecular formula is C18H21N3O5S. The van der Waals surface area contributed by atoms with E-state index in [0.29, 0.717) is 30.0 Å². The monoisotopic (exact) mass is 391 g/mol. The highest BCUT2D eigenvalue weighted by Gasteiger charge is 2.13. The molecule has 0 fully saturated rings. The minimum Gasteiger partial charge on any atom is -0.484 e. The lowest BCUT2D eigenvalue weighted by atomic mass is 10.2. The van der Waals surface area contributed by atoms with Gasteiger partial charge in [0.05, 0.1) is 4.90 Å². The van der Waals surface area contributed by atoms with Crippen LogP contribution in [0.4, 0.5) is 5.69 Å². The van der Waals surface area contributed by atoms with E-state index in [1.54, 1.807) is 12.1 Å². The molecule has 2 aromatic rings. The number of nitrogens with one attached hydrogen (secondary N) is 2. The maximum atomic E-state index is 12.0. The molecule has 0 aliphatic heterocycles. The Hall–Kier alpha value is -2.91.